The molecule has 0 unspecified atom stereocenters. The number of benzene rings is 2. The Morgan fingerprint density at radius 3 is 2.80 bits per heavy atom. The van der Waals surface area contributed by atoms with Crippen molar-refractivity contribution in [2.45, 2.75) is 13.3 Å². The van der Waals surface area contributed by atoms with Gasteiger partial charge >= 0.3 is 0 Å². The molecule has 0 spiro atoms. The van der Waals surface area contributed by atoms with Crippen LogP contribution >= 0.6 is 0 Å². The average Bonchev–Trinajstić information content (AvgIpc) is 3.23. The number of nitrogens with one attached hydrogen (secondary N) is 1. The Morgan fingerprint density at radius 2 is 2.04 bits per heavy atom. The van der Waals surface area contributed by atoms with Crippen LogP contribution in [0.5, 0.6) is 0 Å². The predicted octanol–water partition coefficient (Wildman–Crippen LogP) is 2.29. The van der Waals surface area contributed by atoms with Crippen molar-refractivity contribution >= 4 is 22.7 Å². The fraction of sp³-hybridized carbons (Fsp3) is 0.118. The van der Waals surface area contributed by atoms with Crippen LogP contribution in [0.3, 0.4) is 0 Å². The van der Waals surface area contributed by atoms with Gasteiger partial charge in [0.1, 0.15) is 11.8 Å². The van der Waals surface area contributed by atoms with Gasteiger partial charge < -0.3 is 9.73 Å². The largest absolute Gasteiger partial charge is 0.441 e. The lowest BCUT2D eigenvalue weighted by Crippen LogP contribution is -2.14. The van der Waals surface area contributed by atoms with Crippen LogP contribution in [-0.4, -0.2) is 31.1 Å². The van der Waals surface area contributed by atoms with Crippen molar-refractivity contribution in [1.29, 1.82) is 0 Å². The summed E-state index contributed by atoms with van der Waals surface area (Å²) in [5.41, 5.74) is 3.83. The number of fused-ring (bicyclic) bond motifs is 1. The number of aromatic nitrogens is 5. The van der Waals surface area contributed by atoms with E-state index < -0.39 is 0 Å². The van der Waals surface area contributed by atoms with Crippen molar-refractivity contribution in [1.82, 2.24) is 25.2 Å². The summed E-state index contributed by atoms with van der Waals surface area (Å²) >= 11 is 0. The van der Waals surface area contributed by atoms with Gasteiger partial charge in [0.25, 0.3) is 0 Å². The van der Waals surface area contributed by atoms with E-state index in [0.717, 1.165) is 16.8 Å². The highest BCUT2D eigenvalue weighted by atomic mass is 16.3. The summed E-state index contributed by atoms with van der Waals surface area (Å²) in [6, 6.07) is 12.9. The SMILES string of the molecule is Cc1nc2ccc(NC(=O)Cc3ccc(-n4cnnn4)cc3)cc2o1. The van der Waals surface area contributed by atoms with Crippen molar-refractivity contribution in [2.24, 2.45) is 0 Å². The van der Waals surface area contributed by atoms with Crippen molar-refractivity contribution in [3.8, 4) is 5.69 Å². The molecule has 25 heavy (non-hydrogen) atoms. The lowest BCUT2D eigenvalue weighted by atomic mass is 10.1. The van der Waals surface area contributed by atoms with E-state index >= 15 is 0 Å². The minimum absolute atomic E-state index is 0.106. The zero-order valence-corrected chi connectivity index (χ0v) is 13.4. The molecule has 4 rings (SSSR count). The molecule has 0 bridgehead atoms. The van der Waals surface area contributed by atoms with Crippen molar-refractivity contribution in [2.75, 3.05) is 5.32 Å². The van der Waals surface area contributed by atoms with Gasteiger partial charge in [0, 0.05) is 18.7 Å². The van der Waals surface area contributed by atoms with E-state index in [1.807, 2.05) is 36.4 Å². The molecule has 1 amide bonds. The second-order valence-electron chi connectivity index (χ2n) is 5.56. The van der Waals surface area contributed by atoms with Gasteiger partial charge in [-0.25, -0.2) is 9.67 Å². The number of nitrogens with zero attached hydrogens (tertiary/aromatic N) is 5. The van der Waals surface area contributed by atoms with Crippen LogP contribution in [-0.2, 0) is 11.2 Å². The second-order valence-corrected chi connectivity index (χ2v) is 5.56. The Morgan fingerprint density at radius 1 is 1.20 bits per heavy atom. The summed E-state index contributed by atoms with van der Waals surface area (Å²) in [7, 11) is 0. The van der Waals surface area contributed by atoms with Crippen LogP contribution in [0.4, 0.5) is 5.69 Å². The molecule has 124 valence electrons. The number of tetrazole rings is 1. The number of anilines is 1. The number of aryl methyl sites for hydroxylation is 1. The Bertz CT molecular complexity index is 1020. The van der Waals surface area contributed by atoms with E-state index in [9.17, 15) is 4.79 Å². The highest BCUT2D eigenvalue weighted by molar-refractivity contribution is 5.94. The summed E-state index contributed by atoms with van der Waals surface area (Å²) in [6.45, 7) is 1.79. The molecule has 2 aromatic heterocycles. The summed E-state index contributed by atoms with van der Waals surface area (Å²) < 4.78 is 7.03. The topological polar surface area (TPSA) is 98.7 Å². The summed E-state index contributed by atoms with van der Waals surface area (Å²) in [4.78, 5) is 16.5. The minimum Gasteiger partial charge on any atom is -0.441 e. The van der Waals surface area contributed by atoms with E-state index in [1.165, 1.54) is 6.33 Å². The van der Waals surface area contributed by atoms with Gasteiger partial charge in [-0.1, -0.05) is 12.1 Å². The third-order valence-electron chi connectivity index (χ3n) is 3.69. The fourth-order valence-corrected chi connectivity index (χ4v) is 2.55. The zero-order chi connectivity index (χ0) is 17.2. The first kappa shape index (κ1) is 15.0. The molecule has 2 aromatic carbocycles. The van der Waals surface area contributed by atoms with Crippen LogP contribution in [0.2, 0.25) is 0 Å². The average molecular weight is 334 g/mol. The quantitative estimate of drug-likeness (QED) is 0.615. The van der Waals surface area contributed by atoms with Crippen molar-refractivity contribution in [3.05, 3.63) is 60.2 Å². The maximum absolute atomic E-state index is 12.2. The molecule has 0 aliphatic heterocycles. The molecule has 4 aromatic rings. The molecular weight excluding hydrogens is 320 g/mol. The van der Waals surface area contributed by atoms with Gasteiger partial charge in [0.15, 0.2) is 11.5 Å². The van der Waals surface area contributed by atoms with Crippen LogP contribution in [0.25, 0.3) is 16.8 Å². The molecule has 0 aliphatic carbocycles. The number of hydrogen-bond donors (Lipinski definition) is 1. The molecule has 0 saturated heterocycles. The molecule has 0 saturated carbocycles. The van der Waals surface area contributed by atoms with Crippen LogP contribution in [0, 0.1) is 6.92 Å². The lowest BCUT2D eigenvalue weighted by Gasteiger charge is -2.06. The van der Waals surface area contributed by atoms with Gasteiger partial charge in [-0.2, -0.15) is 0 Å². The Labute approximate surface area is 142 Å². The van der Waals surface area contributed by atoms with E-state index in [2.05, 4.69) is 25.8 Å². The third-order valence-corrected chi connectivity index (χ3v) is 3.69. The van der Waals surface area contributed by atoms with Crippen molar-refractivity contribution in [3.63, 3.8) is 0 Å². The van der Waals surface area contributed by atoms with Gasteiger partial charge in [-0.3, -0.25) is 4.79 Å². The summed E-state index contributed by atoms with van der Waals surface area (Å²) in [5.74, 6) is 0.493. The Kier molecular flexibility index (Phi) is 3.70. The molecular formula is C17H14N6O2. The highest BCUT2D eigenvalue weighted by Crippen LogP contribution is 2.20. The first-order chi connectivity index (χ1) is 12.2. The van der Waals surface area contributed by atoms with Gasteiger partial charge in [-0.15, -0.1) is 5.10 Å². The molecule has 0 radical (unpaired) electrons. The van der Waals surface area contributed by atoms with Crippen LogP contribution in [0.1, 0.15) is 11.5 Å². The van der Waals surface area contributed by atoms with Gasteiger partial charge in [-0.05, 0) is 40.3 Å². The monoisotopic (exact) mass is 334 g/mol. The van der Waals surface area contributed by atoms with Crippen LogP contribution in [0.15, 0.2) is 53.2 Å². The molecule has 0 fully saturated rings. The normalized spacial score (nSPS) is 10.9. The predicted molar refractivity (Wildman–Crippen MR) is 90.2 cm³/mol. The first-order valence-electron chi connectivity index (χ1n) is 7.67. The number of oxazole rings is 1. The van der Waals surface area contributed by atoms with E-state index in [4.69, 9.17) is 4.42 Å². The molecule has 8 heteroatoms. The minimum atomic E-state index is -0.106. The number of rotatable bonds is 4. The molecule has 1 N–H and O–H groups in total. The van der Waals surface area contributed by atoms with Crippen molar-refractivity contribution < 1.29 is 9.21 Å². The Balaban J connectivity index is 1.44. The third kappa shape index (κ3) is 3.23. The summed E-state index contributed by atoms with van der Waals surface area (Å²) in [6.07, 6.45) is 1.78. The number of carbonyl (C=O) groups excluding carboxylic acids is 1. The van der Waals surface area contributed by atoms with E-state index in [-0.39, 0.29) is 12.3 Å². The smallest absolute Gasteiger partial charge is 0.228 e. The number of carbonyl (C=O) groups is 1. The maximum atomic E-state index is 12.2. The second kappa shape index (κ2) is 6.16. The van der Waals surface area contributed by atoms with Gasteiger partial charge in [0.2, 0.25) is 5.91 Å². The van der Waals surface area contributed by atoms with Crippen LogP contribution < -0.4 is 5.32 Å². The van der Waals surface area contributed by atoms with E-state index in [0.29, 0.717) is 17.2 Å². The fourth-order valence-electron chi connectivity index (χ4n) is 2.55. The maximum Gasteiger partial charge on any atom is 0.228 e. The zero-order valence-electron chi connectivity index (χ0n) is 13.4. The van der Waals surface area contributed by atoms with Gasteiger partial charge in [0.05, 0.1) is 12.1 Å². The lowest BCUT2D eigenvalue weighted by molar-refractivity contribution is -0.115. The molecule has 2 heterocycles. The Hall–Kier alpha value is -3.55. The molecule has 0 atom stereocenters. The van der Waals surface area contributed by atoms with E-state index in [1.54, 1.807) is 17.7 Å². The number of amides is 1. The summed E-state index contributed by atoms with van der Waals surface area (Å²) in [5, 5.41) is 13.9. The first-order valence-corrected chi connectivity index (χ1v) is 7.67. The highest BCUT2D eigenvalue weighted by Gasteiger charge is 2.08. The molecule has 0 aliphatic rings. The standard InChI is InChI=1S/C17H14N6O2/c1-11-19-15-7-4-13(9-16(15)25-11)20-17(24)8-12-2-5-14(6-3-12)23-10-18-21-22-23/h2-7,9-10H,8H2,1H3,(H,20,24). The number of hydrogen-bond acceptors (Lipinski definition) is 6. The molecule has 8 nitrogen and oxygen atoms in total.